The Bertz CT molecular complexity index is 633. The first-order valence-corrected chi connectivity index (χ1v) is 7.97. The molecular weight excluding hydrogens is 288 g/mol. The number of hydrogen-bond donors (Lipinski definition) is 0. The van der Waals surface area contributed by atoms with Crippen LogP contribution in [0.4, 0.5) is 0 Å². The molecule has 1 heterocycles. The molecule has 0 radical (unpaired) electrons. The Balaban J connectivity index is 2.07. The molecule has 1 aliphatic rings. The van der Waals surface area contributed by atoms with Gasteiger partial charge in [-0.25, -0.2) is 4.98 Å². The second-order valence-electron chi connectivity index (χ2n) is 5.62. The highest BCUT2D eigenvalue weighted by Crippen LogP contribution is 2.34. The average molecular weight is 309 g/mol. The van der Waals surface area contributed by atoms with Crippen molar-refractivity contribution in [3.8, 4) is 11.5 Å². The summed E-state index contributed by atoms with van der Waals surface area (Å²) in [5, 5.41) is 0. The van der Waals surface area contributed by atoms with Crippen molar-refractivity contribution >= 4 is 22.6 Å². The van der Waals surface area contributed by atoms with E-state index in [2.05, 4.69) is 9.55 Å². The fourth-order valence-electron chi connectivity index (χ4n) is 3.26. The van der Waals surface area contributed by atoms with Gasteiger partial charge < -0.3 is 14.0 Å². The summed E-state index contributed by atoms with van der Waals surface area (Å²) in [6.45, 7) is 0.994. The van der Waals surface area contributed by atoms with Crippen LogP contribution in [0.25, 0.3) is 11.0 Å². The number of nitrogens with zero attached hydrogens (tertiary/aromatic N) is 2. The second-order valence-corrected chi connectivity index (χ2v) is 5.89. The van der Waals surface area contributed by atoms with E-state index in [4.69, 9.17) is 21.1 Å². The molecule has 0 saturated heterocycles. The van der Waals surface area contributed by atoms with E-state index in [9.17, 15) is 0 Å². The Morgan fingerprint density at radius 3 is 2.48 bits per heavy atom. The van der Waals surface area contributed by atoms with Crippen LogP contribution in [-0.4, -0.2) is 23.8 Å². The molecule has 1 aromatic carbocycles. The zero-order chi connectivity index (χ0) is 14.8. The van der Waals surface area contributed by atoms with Crippen LogP contribution in [0, 0.1) is 5.92 Å². The molecule has 0 amide bonds. The zero-order valence-corrected chi connectivity index (χ0v) is 13.3. The Labute approximate surface area is 130 Å². The number of aromatic nitrogens is 2. The normalized spacial score (nSPS) is 15.8. The lowest BCUT2D eigenvalue weighted by atomic mass is 10.1. The topological polar surface area (TPSA) is 36.3 Å². The van der Waals surface area contributed by atoms with Gasteiger partial charge in [0.25, 0.3) is 0 Å². The van der Waals surface area contributed by atoms with Crippen molar-refractivity contribution in [2.24, 2.45) is 5.92 Å². The lowest BCUT2D eigenvalue weighted by molar-refractivity contribution is 0.355. The largest absolute Gasteiger partial charge is 0.493 e. The van der Waals surface area contributed by atoms with E-state index < -0.39 is 0 Å². The van der Waals surface area contributed by atoms with Gasteiger partial charge >= 0.3 is 0 Å². The maximum atomic E-state index is 6.09. The van der Waals surface area contributed by atoms with Crippen LogP contribution >= 0.6 is 11.6 Å². The van der Waals surface area contributed by atoms with Gasteiger partial charge in [0.1, 0.15) is 5.82 Å². The molecular formula is C16H21ClN2O2. The number of ether oxygens (including phenoxy) is 2. The average Bonchev–Trinajstić information content (AvgIpc) is 3.14. The minimum atomic E-state index is 0.423. The summed E-state index contributed by atoms with van der Waals surface area (Å²) in [4.78, 5) is 4.65. The highest BCUT2D eigenvalue weighted by atomic mass is 35.5. The smallest absolute Gasteiger partial charge is 0.163 e. The van der Waals surface area contributed by atoms with Crippen LogP contribution in [-0.2, 0) is 12.4 Å². The van der Waals surface area contributed by atoms with Crippen molar-refractivity contribution < 1.29 is 9.47 Å². The molecule has 1 aromatic heterocycles. The number of alkyl halides is 1. The number of fused-ring (bicyclic) bond motifs is 1. The summed E-state index contributed by atoms with van der Waals surface area (Å²) in [5.74, 6) is 3.52. The van der Waals surface area contributed by atoms with Crippen LogP contribution in [0.1, 0.15) is 31.5 Å². The third-order valence-corrected chi connectivity index (χ3v) is 4.61. The maximum absolute atomic E-state index is 6.09. The van der Waals surface area contributed by atoms with E-state index in [1.165, 1.54) is 25.7 Å². The number of hydrogen-bond acceptors (Lipinski definition) is 3. The Hall–Kier alpha value is -1.42. The maximum Gasteiger partial charge on any atom is 0.163 e. The molecule has 1 saturated carbocycles. The van der Waals surface area contributed by atoms with Gasteiger partial charge in [0.2, 0.25) is 0 Å². The number of rotatable bonds is 5. The van der Waals surface area contributed by atoms with Crippen molar-refractivity contribution in [1.29, 1.82) is 0 Å². The van der Waals surface area contributed by atoms with E-state index in [0.717, 1.165) is 35.1 Å². The monoisotopic (exact) mass is 308 g/mol. The van der Waals surface area contributed by atoms with Crippen molar-refractivity contribution in [3.63, 3.8) is 0 Å². The molecule has 3 rings (SSSR count). The molecule has 0 unspecified atom stereocenters. The molecule has 0 N–H and O–H groups in total. The molecule has 0 spiro atoms. The summed E-state index contributed by atoms with van der Waals surface area (Å²) in [7, 11) is 3.30. The predicted octanol–water partition coefficient (Wildman–Crippen LogP) is 3.98. The minimum absolute atomic E-state index is 0.423. The SMILES string of the molecule is COc1cc2nc(CCl)n(CC3CCCC3)c2cc1OC. The molecule has 1 fully saturated rings. The number of benzene rings is 1. The second kappa shape index (κ2) is 6.14. The summed E-state index contributed by atoms with van der Waals surface area (Å²) in [6.07, 6.45) is 5.28. The van der Waals surface area contributed by atoms with Gasteiger partial charge in [0.15, 0.2) is 11.5 Å². The summed E-state index contributed by atoms with van der Waals surface area (Å²) >= 11 is 6.09. The Morgan fingerprint density at radius 2 is 1.86 bits per heavy atom. The first-order valence-electron chi connectivity index (χ1n) is 7.44. The summed E-state index contributed by atoms with van der Waals surface area (Å²) in [5.41, 5.74) is 2.00. The van der Waals surface area contributed by atoms with E-state index in [1.54, 1.807) is 14.2 Å². The summed E-state index contributed by atoms with van der Waals surface area (Å²) in [6, 6.07) is 3.93. The number of methoxy groups -OCH3 is 2. The van der Waals surface area contributed by atoms with Gasteiger partial charge in [-0.1, -0.05) is 12.8 Å². The fourth-order valence-corrected chi connectivity index (χ4v) is 3.46. The first-order chi connectivity index (χ1) is 10.3. The van der Waals surface area contributed by atoms with Crippen molar-refractivity contribution in [1.82, 2.24) is 9.55 Å². The van der Waals surface area contributed by atoms with Gasteiger partial charge in [-0.3, -0.25) is 0 Å². The minimum Gasteiger partial charge on any atom is -0.493 e. The summed E-state index contributed by atoms with van der Waals surface area (Å²) < 4.78 is 13.0. The fraction of sp³-hybridized carbons (Fsp3) is 0.562. The zero-order valence-electron chi connectivity index (χ0n) is 12.6. The molecule has 1 aliphatic carbocycles. The third kappa shape index (κ3) is 2.69. The highest BCUT2D eigenvalue weighted by Gasteiger charge is 2.20. The van der Waals surface area contributed by atoms with Crippen molar-refractivity contribution in [2.45, 2.75) is 38.1 Å². The molecule has 2 aromatic rings. The van der Waals surface area contributed by atoms with Gasteiger partial charge in [0.05, 0.1) is 31.1 Å². The highest BCUT2D eigenvalue weighted by molar-refractivity contribution is 6.16. The van der Waals surface area contributed by atoms with Crippen molar-refractivity contribution in [3.05, 3.63) is 18.0 Å². The van der Waals surface area contributed by atoms with Crippen LogP contribution in [0.2, 0.25) is 0 Å². The van der Waals surface area contributed by atoms with Crippen LogP contribution in [0.3, 0.4) is 0 Å². The number of halogens is 1. The number of imidazole rings is 1. The van der Waals surface area contributed by atoms with Crippen molar-refractivity contribution in [2.75, 3.05) is 14.2 Å². The van der Waals surface area contributed by atoms with E-state index in [0.29, 0.717) is 11.6 Å². The first kappa shape index (κ1) is 14.5. The van der Waals surface area contributed by atoms with E-state index >= 15 is 0 Å². The molecule has 5 heteroatoms. The van der Waals surface area contributed by atoms with Crippen LogP contribution in [0.5, 0.6) is 11.5 Å². The molecule has 0 atom stereocenters. The quantitative estimate of drug-likeness (QED) is 0.784. The lowest BCUT2D eigenvalue weighted by Crippen LogP contribution is -2.10. The van der Waals surface area contributed by atoms with Gasteiger partial charge in [0, 0.05) is 18.7 Å². The lowest BCUT2D eigenvalue weighted by Gasteiger charge is -2.14. The van der Waals surface area contributed by atoms with E-state index in [1.807, 2.05) is 12.1 Å². The Kier molecular flexibility index (Phi) is 4.24. The molecule has 4 nitrogen and oxygen atoms in total. The van der Waals surface area contributed by atoms with Crippen LogP contribution in [0.15, 0.2) is 12.1 Å². The Morgan fingerprint density at radius 1 is 1.19 bits per heavy atom. The van der Waals surface area contributed by atoms with E-state index in [-0.39, 0.29) is 0 Å². The molecule has 114 valence electrons. The molecule has 0 bridgehead atoms. The van der Waals surface area contributed by atoms with Gasteiger partial charge in [-0.05, 0) is 18.8 Å². The van der Waals surface area contributed by atoms with Gasteiger partial charge in [-0.2, -0.15) is 0 Å². The van der Waals surface area contributed by atoms with Gasteiger partial charge in [-0.15, -0.1) is 11.6 Å². The third-order valence-electron chi connectivity index (χ3n) is 4.37. The standard InChI is InChI=1S/C16H21ClN2O2/c1-20-14-7-12-13(8-15(14)21-2)19(16(9-17)18-12)10-11-5-3-4-6-11/h7-8,11H,3-6,9-10H2,1-2H3. The molecule has 21 heavy (non-hydrogen) atoms. The molecule has 0 aliphatic heterocycles. The predicted molar refractivity (Wildman–Crippen MR) is 84.4 cm³/mol. The van der Waals surface area contributed by atoms with Crippen LogP contribution < -0.4 is 9.47 Å².